The summed E-state index contributed by atoms with van der Waals surface area (Å²) < 4.78 is 24.4. The molecule has 0 aromatic heterocycles. The minimum absolute atomic E-state index is 0.0270. The number of aliphatic imine (C=N–C) groups is 1. The number of benzene rings is 1. The Bertz CT molecular complexity index is 1640. The first-order valence-corrected chi connectivity index (χ1v) is 23.5. The maximum atomic E-state index is 14.6. The van der Waals surface area contributed by atoms with Crippen LogP contribution in [0.3, 0.4) is 0 Å². The summed E-state index contributed by atoms with van der Waals surface area (Å²) >= 11 is 0. The molecule has 4 amide bonds. The molecular formula is C43H75N8O9P. The van der Waals surface area contributed by atoms with E-state index in [0.29, 0.717) is 82.9 Å². The van der Waals surface area contributed by atoms with Gasteiger partial charge in [-0.05, 0) is 43.2 Å². The smallest absolute Gasteiger partial charge is 0.347 e. The van der Waals surface area contributed by atoms with Crippen LogP contribution in [0.1, 0.15) is 78.7 Å². The number of hydrogen-bond donors (Lipinski definition) is 4. The number of ether oxygens (including phenoxy) is 2. The number of guanidine groups is 1. The molecule has 0 unspecified atom stereocenters. The lowest BCUT2D eigenvalue weighted by Gasteiger charge is -2.41. The molecule has 5 N–H and O–H groups in total. The number of nitrogens with two attached hydrogens (primary N) is 1. The molecule has 2 aliphatic heterocycles. The SMILES string of the molecule is CC[C@H](C)[C@@H]([C@@H](CC(=O)N1CCC[C@H]1[C@H](OC)[C@@H](C)C(=O)N[C@@H](Cc1ccccc1)P(=O)(O)O)OC)N(C)C(=O)[C@@H](N=C(N(C)C)N1CCN(C(=O)CCCN)CC1)C(C)C. The Morgan fingerprint density at radius 3 is 2.10 bits per heavy atom. The van der Waals surface area contributed by atoms with Crippen molar-refractivity contribution >= 4 is 37.2 Å². The second-order valence-electron chi connectivity index (χ2n) is 17.2. The molecule has 1 aromatic carbocycles. The van der Waals surface area contributed by atoms with Gasteiger partial charge in [-0.15, -0.1) is 0 Å². The Balaban J connectivity index is 1.80. The van der Waals surface area contributed by atoms with E-state index in [2.05, 4.69) is 10.2 Å². The molecule has 0 saturated carbocycles. The zero-order valence-corrected chi connectivity index (χ0v) is 39.1. The first-order chi connectivity index (χ1) is 28.8. The molecule has 61 heavy (non-hydrogen) atoms. The van der Waals surface area contributed by atoms with Gasteiger partial charge in [-0.3, -0.25) is 23.7 Å². The largest absolute Gasteiger partial charge is 0.379 e. The van der Waals surface area contributed by atoms with Gasteiger partial charge in [0.15, 0.2) is 5.96 Å². The van der Waals surface area contributed by atoms with Gasteiger partial charge >= 0.3 is 7.60 Å². The first-order valence-electron chi connectivity index (χ1n) is 21.8. The van der Waals surface area contributed by atoms with Crippen molar-refractivity contribution in [2.75, 3.05) is 74.6 Å². The highest BCUT2D eigenvalue weighted by atomic mass is 31.2. The molecule has 0 radical (unpaired) electrons. The van der Waals surface area contributed by atoms with Crippen LogP contribution in [-0.4, -0.2) is 175 Å². The van der Waals surface area contributed by atoms with E-state index in [4.69, 9.17) is 20.2 Å². The highest BCUT2D eigenvalue weighted by Crippen LogP contribution is 2.41. The molecule has 17 nitrogen and oxygen atoms in total. The van der Waals surface area contributed by atoms with Crippen molar-refractivity contribution in [3.05, 3.63) is 35.9 Å². The van der Waals surface area contributed by atoms with Crippen LogP contribution < -0.4 is 11.1 Å². The highest BCUT2D eigenvalue weighted by Gasteiger charge is 2.44. The molecule has 2 aliphatic rings. The van der Waals surface area contributed by atoms with Crippen LogP contribution in [0.4, 0.5) is 0 Å². The van der Waals surface area contributed by atoms with Gasteiger partial charge < -0.3 is 54.8 Å². The number of methoxy groups -OCH3 is 2. The van der Waals surface area contributed by atoms with Crippen molar-refractivity contribution in [1.82, 2.24) is 29.8 Å². The summed E-state index contributed by atoms with van der Waals surface area (Å²) in [5.74, 6) is -2.71. The van der Waals surface area contributed by atoms with Crippen molar-refractivity contribution in [2.45, 2.75) is 116 Å². The van der Waals surface area contributed by atoms with Crippen LogP contribution in [0.15, 0.2) is 35.3 Å². The molecular weight excluding hydrogens is 803 g/mol. The fourth-order valence-corrected chi connectivity index (χ4v) is 9.31. The lowest BCUT2D eigenvalue weighted by atomic mass is 9.89. The summed E-state index contributed by atoms with van der Waals surface area (Å²) in [6.07, 6.45) is 1.53. The normalized spacial score (nSPS) is 19.8. The quantitative estimate of drug-likeness (QED) is 0.0798. The van der Waals surface area contributed by atoms with Gasteiger partial charge in [0.05, 0.1) is 36.6 Å². The molecule has 1 aromatic rings. The van der Waals surface area contributed by atoms with E-state index in [1.54, 1.807) is 61.2 Å². The second-order valence-corrected chi connectivity index (χ2v) is 19.0. The predicted octanol–water partition coefficient (Wildman–Crippen LogP) is 2.59. The molecule has 18 heteroatoms. The summed E-state index contributed by atoms with van der Waals surface area (Å²) in [6.45, 7) is 12.8. The average molecular weight is 879 g/mol. The third-order valence-corrected chi connectivity index (χ3v) is 13.4. The second kappa shape index (κ2) is 24.3. The lowest BCUT2D eigenvalue weighted by Crippen LogP contribution is -2.56. The van der Waals surface area contributed by atoms with E-state index in [1.165, 1.54) is 7.11 Å². The van der Waals surface area contributed by atoms with Crippen molar-refractivity contribution in [2.24, 2.45) is 28.5 Å². The molecule has 0 aliphatic carbocycles. The molecule has 346 valence electrons. The van der Waals surface area contributed by atoms with Gasteiger partial charge in [0.1, 0.15) is 11.8 Å². The van der Waals surface area contributed by atoms with Crippen molar-refractivity contribution < 1.29 is 43.0 Å². The Labute approximate surface area is 363 Å². The van der Waals surface area contributed by atoms with Crippen LogP contribution in [0.5, 0.6) is 0 Å². The Morgan fingerprint density at radius 1 is 0.951 bits per heavy atom. The van der Waals surface area contributed by atoms with Crippen LogP contribution >= 0.6 is 7.60 Å². The standard InChI is InChI=1S/C43H75N8O9P/c1-11-30(4)39(48(8)42(55)38(29(2)3)46-43(47(6)7)50-25-23-49(24-26-50)36(52)20-15-21-44)34(59-9)28-37(53)51-22-16-19-33(51)40(60-10)31(5)41(54)45-35(61(56,57)58)27-32-17-13-12-14-18-32/h12-14,17-18,29-31,33-35,38-40H,11,15-16,19-28,44H2,1-10H3,(H,45,54)(H2,56,57,58)/t30-,31+,33-,34+,35+,38-,39-,40+/m0/s1. The van der Waals surface area contributed by atoms with E-state index in [1.807, 2.05) is 51.6 Å². The Hall–Kier alpha value is -3.60. The van der Waals surface area contributed by atoms with Crippen LogP contribution in [-0.2, 0) is 39.6 Å². The molecule has 0 bridgehead atoms. The Kier molecular flexibility index (Phi) is 20.6. The molecule has 2 saturated heterocycles. The molecule has 8 atom stereocenters. The van der Waals surface area contributed by atoms with Gasteiger partial charge in [-0.1, -0.05) is 71.4 Å². The van der Waals surface area contributed by atoms with Crippen molar-refractivity contribution in [3.8, 4) is 0 Å². The number of amides is 4. The fourth-order valence-electron chi connectivity index (χ4n) is 8.56. The summed E-state index contributed by atoms with van der Waals surface area (Å²) in [5.41, 5.74) is 6.28. The summed E-state index contributed by atoms with van der Waals surface area (Å²) in [7, 11) is 3.84. The number of nitrogens with one attached hydrogen (secondary N) is 1. The number of carbonyl (C=O) groups excluding carboxylic acids is 4. The summed E-state index contributed by atoms with van der Waals surface area (Å²) in [6, 6.07) is 7.12. The van der Waals surface area contributed by atoms with Crippen LogP contribution in [0.25, 0.3) is 0 Å². The number of carbonyl (C=O) groups is 4. The molecule has 0 spiro atoms. The average Bonchev–Trinajstić information content (AvgIpc) is 3.72. The zero-order chi connectivity index (χ0) is 45.6. The lowest BCUT2D eigenvalue weighted by molar-refractivity contribution is -0.146. The van der Waals surface area contributed by atoms with Gasteiger partial charge in [0, 0.05) is 80.9 Å². The number of likely N-dealkylation sites (N-methyl/N-ethyl adjacent to an activating group) is 1. The maximum Gasteiger partial charge on any atom is 0.347 e. The summed E-state index contributed by atoms with van der Waals surface area (Å²) in [5, 5.41) is 2.58. The third kappa shape index (κ3) is 14.2. The van der Waals surface area contributed by atoms with Crippen LogP contribution in [0, 0.1) is 17.8 Å². The Morgan fingerprint density at radius 2 is 1.57 bits per heavy atom. The topological polar surface area (TPSA) is 211 Å². The van der Waals surface area contributed by atoms with Crippen LogP contribution in [0.2, 0.25) is 0 Å². The zero-order valence-electron chi connectivity index (χ0n) is 38.2. The van der Waals surface area contributed by atoms with Gasteiger partial charge in [0.25, 0.3) is 0 Å². The predicted molar refractivity (Wildman–Crippen MR) is 236 cm³/mol. The number of likely N-dealkylation sites (tertiary alicyclic amines) is 1. The fraction of sp³-hybridized carbons (Fsp3) is 0.744. The highest BCUT2D eigenvalue weighted by molar-refractivity contribution is 7.52. The number of piperazine rings is 1. The van der Waals surface area contributed by atoms with E-state index < -0.39 is 55.5 Å². The number of rotatable bonds is 21. The minimum atomic E-state index is -4.73. The minimum Gasteiger partial charge on any atom is -0.379 e. The van der Waals surface area contributed by atoms with Gasteiger partial charge in [0.2, 0.25) is 23.6 Å². The maximum absolute atomic E-state index is 14.6. The first kappa shape index (κ1) is 51.7. The summed E-state index contributed by atoms with van der Waals surface area (Å²) in [4.78, 5) is 89.9. The third-order valence-electron chi connectivity index (χ3n) is 12.3. The monoisotopic (exact) mass is 879 g/mol. The molecule has 2 heterocycles. The van der Waals surface area contributed by atoms with E-state index in [0.717, 1.165) is 0 Å². The van der Waals surface area contributed by atoms with Crippen molar-refractivity contribution in [1.29, 1.82) is 0 Å². The van der Waals surface area contributed by atoms with E-state index in [9.17, 15) is 33.5 Å². The molecule has 2 fully saturated rings. The van der Waals surface area contributed by atoms with Gasteiger partial charge in [-0.25, -0.2) is 4.99 Å². The van der Waals surface area contributed by atoms with E-state index in [-0.39, 0.29) is 42.4 Å². The molecule has 3 rings (SSSR count). The number of nitrogens with zero attached hydrogens (tertiary/aromatic N) is 6. The van der Waals surface area contributed by atoms with Crippen molar-refractivity contribution in [3.63, 3.8) is 0 Å². The number of hydrogen-bond acceptors (Lipinski definition) is 9. The van der Waals surface area contributed by atoms with Gasteiger partial charge in [-0.2, -0.15) is 0 Å². The van der Waals surface area contributed by atoms with E-state index >= 15 is 0 Å².